The number of aliphatic hydroxyl groups is 1. The Bertz CT molecular complexity index is 782. The van der Waals surface area contributed by atoms with Gasteiger partial charge in [-0.1, -0.05) is 0 Å². The molecule has 1 heterocycles. The molecule has 14 nitrogen and oxygen atoms in total. The SMILES string of the molecule is CC(N)C(=O)NC(CO)C(=O)NC(CCC(N)=O)C(=O)NC(Cc1cnc[nH]1)C(=O)O. The minimum Gasteiger partial charge on any atom is -0.480 e. The lowest BCUT2D eigenvalue weighted by Crippen LogP contribution is -2.58. The Kier molecular flexibility index (Phi) is 10.1. The summed E-state index contributed by atoms with van der Waals surface area (Å²) in [6, 6.07) is -5.07. The number of primary amides is 1. The van der Waals surface area contributed by atoms with E-state index in [9.17, 15) is 34.2 Å². The number of carbonyl (C=O) groups is 5. The topological polar surface area (TPSA) is 243 Å². The molecule has 0 radical (unpaired) electrons. The molecule has 0 aliphatic heterocycles. The van der Waals surface area contributed by atoms with Crippen LogP contribution in [0.2, 0.25) is 0 Å². The summed E-state index contributed by atoms with van der Waals surface area (Å²) in [5.74, 6) is -4.61. The van der Waals surface area contributed by atoms with Crippen LogP contribution in [-0.2, 0) is 30.4 Å². The number of carboxylic acids is 1. The zero-order valence-electron chi connectivity index (χ0n) is 16.8. The lowest BCUT2D eigenvalue weighted by atomic mass is 10.1. The van der Waals surface area contributed by atoms with Gasteiger partial charge in [0, 0.05) is 24.7 Å². The Labute approximate surface area is 177 Å². The first kappa shape index (κ1) is 25.5. The minimum atomic E-state index is -1.41. The van der Waals surface area contributed by atoms with Crippen LogP contribution in [0.1, 0.15) is 25.5 Å². The largest absolute Gasteiger partial charge is 0.480 e. The molecule has 0 aliphatic rings. The lowest BCUT2D eigenvalue weighted by molar-refractivity contribution is -0.142. The van der Waals surface area contributed by atoms with Crippen LogP contribution in [0.4, 0.5) is 0 Å². The Morgan fingerprint density at radius 3 is 2.13 bits per heavy atom. The van der Waals surface area contributed by atoms with Crippen LogP contribution in [0.25, 0.3) is 0 Å². The van der Waals surface area contributed by atoms with Gasteiger partial charge in [0.05, 0.1) is 19.0 Å². The van der Waals surface area contributed by atoms with Crippen LogP contribution in [0.5, 0.6) is 0 Å². The summed E-state index contributed by atoms with van der Waals surface area (Å²) < 4.78 is 0. The van der Waals surface area contributed by atoms with E-state index >= 15 is 0 Å². The summed E-state index contributed by atoms with van der Waals surface area (Å²) in [5.41, 5.74) is 11.0. The van der Waals surface area contributed by atoms with Gasteiger partial charge in [0.1, 0.15) is 18.1 Å². The molecule has 31 heavy (non-hydrogen) atoms. The third kappa shape index (κ3) is 8.79. The molecule has 0 aliphatic carbocycles. The smallest absolute Gasteiger partial charge is 0.326 e. The van der Waals surface area contributed by atoms with E-state index in [0.717, 1.165) is 0 Å². The maximum atomic E-state index is 12.6. The molecule has 172 valence electrons. The van der Waals surface area contributed by atoms with Crippen LogP contribution in [-0.4, -0.2) is 80.6 Å². The Morgan fingerprint density at radius 2 is 1.65 bits per heavy atom. The fourth-order valence-corrected chi connectivity index (χ4v) is 2.41. The van der Waals surface area contributed by atoms with E-state index in [0.29, 0.717) is 5.69 Å². The molecule has 14 heteroatoms. The van der Waals surface area contributed by atoms with E-state index in [4.69, 9.17) is 11.5 Å². The number of aliphatic hydroxyl groups excluding tert-OH is 1. The van der Waals surface area contributed by atoms with Crippen LogP contribution in [0.3, 0.4) is 0 Å². The standard InChI is InChI=1S/C17H27N7O7/c1-8(18)14(27)24-12(6-25)16(29)22-10(2-3-13(19)26)15(28)23-11(17(30)31)4-9-5-20-7-21-9/h5,7-8,10-12,25H,2-4,6,18H2,1H3,(H2,19,26)(H,20,21)(H,22,29)(H,23,28)(H,24,27)(H,30,31). The second-order valence-electron chi connectivity index (χ2n) is 6.78. The molecule has 0 saturated heterocycles. The molecule has 0 aromatic carbocycles. The molecule has 4 unspecified atom stereocenters. The molecule has 1 aromatic rings. The maximum Gasteiger partial charge on any atom is 0.326 e. The van der Waals surface area contributed by atoms with Crippen molar-refractivity contribution in [1.82, 2.24) is 25.9 Å². The zero-order chi connectivity index (χ0) is 23.6. The van der Waals surface area contributed by atoms with Gasteiger partial charge in [-0.25, -0.2) is 9.78 Å². The molecule has 1 aromatic heterocycles. The van der Waals surface area contributed by atoms with E-state index < -0.39 is 60.4 Å². The van der Waals surface area contributed by atoms with Crippen molar-refractivity contribution >= 4 is 29.6 Å². The first-order valence-corrected chi connectivity index (χ1v) is 9.31. The number of hydrogen-bond acceptors (Lipinski definition) is 8. The van der Waals surface area contributed by atoms with Gasteiger partial charge in [-0.3, -0.25) is 19.2 Å². The average molecular weight is 441 g/mol. The van der Waals surface area contributed by atoms with Crippen molar-refractivity contribution < 1.29 is 34.2 Å². The lowest BCUT2D eigenvalue weighted by Gasteiger charge is -2.24. The van der Waals surface area contributed by atoms with Crippen LogP contribution in [0.15, 0.2) is 12.5 Å². The summed E-state index contributed by atoms with van der Waals surface area (Å²) in [7, 11) is 0. The number of aromatic amines is 1. The van der Waals surface area contributed by atoms with Gasteiger partial charge in [-0.2, -0.15) is 0 Å². The fourth-order valence-electron chi connectivity index (χ4n) is 2.41. The molecular weight excluding hydrogens is 414 g/mol. The summed E-state index contributed by atoms with van der Waals surface area (Å²) in [4.78, 5) is 65.8. The van der Waals surface area contributed by atoms with Crippen LogP contribution in [0, 0.1) is 0 Å². The Balaban J connectivity index is 2.90. The van der Waals surface area contributed by atoms with E-state index in [-0.39, 0.29) is 19.3 Å². The molecule has 0 bridgehead atoms. The van der Waals surface area contributed by atoms with Crippen molar-refractivity contribution in [2.45, 2.75) is 50.4 Å². The van der Waals surface area contributed by atoms with Gasteiger partial charge >= 0.3 is 5.97 Å². The van der Waals surface area contributed by atoms with Crippen LogP contribution >= 0.6 is 0 Å². The Morgan fingerprint density at radius 1 is 1.06 bits per heavy atom. The number of nitrogens with two attached hydrogens (primary N) is 2. The number of H-pyrrole nitrogens is 1. The number of carboxylic acid groups (broad SMARTS) is 1. The zero-order valence-corrected chi connectivity index (χ0v) is 16.8. The molecule has 4 amide bonds. The summed E-state index contributed by atoms with van der Waals surface area (Å²) >= 11 is 0. The van der Waals surface area contributed by atoms with Gasteiger partial charge in [-0.15, -0.1) is 0 Å². The number of amides is 4. The van der Waals surface area contributed by atoms with Gasteiger partial charge in [0.25, 0.3) is 0 Å². The molecule has 0 fully saturated rings. The summed E-state index contributed by atoms with van der Waals surface area (Å²) in [6.45, 7) is 0.586. The predicted molar refractivity (Wildman–Crippen MR) is 105 cm³/mol. The molecule has 4 atom stereocenters. The maximum absolute atomic E-state index is 12.6. The molecule has 0 saturated carbocycles. The first-order valence-electron chi connectivity index (χ1n) is 9.31. The number of imidazole rings is 1. The van der Waals surface area contributed by atoms with Gasteiger partial charge in [0.2, 0.25) is 23.6 Å². The van der Waals surface area contributed by atoms with Crippen molar-refractivity contribution in [3.63, 3.8) is 0 Å². The molecule has 1 rings (SSSR count). The van der Waals surface area contributed by atoms with E-state index in [1.54, 1.807) is 0 Å². The third-order valence-electron chi connectivity index (χ3n) is 4.13. The van der Waals surface area contributed by atoms with Crippen molar-refractivity contribution in [3.05, 3.63) is 18.2 Å². The van der Waals surface area contributed by atoms with Crippen LogP contribution < -0.4 is 27.4 Å². The number of aromatic nitrogens is 2. The first-order chi connectivity index (χ1) is 14.5. The predicted octanol–water partition coefficient (Wildman–Crippen LogP) is -3.90. The Hall–Kier alpha value is -3.52. The number of nitrogens with one attached hydrogen (secondary N) is 4. The normalized spacial score (nSPS) is 14.5. The van der Waals surface area contributed by atoms with Gasteiger partial charge in [0.15, 0.2) is 0 Å². The van der Waals surface area contributed by atoms with Crippen molar-refractivity contribution in [1.29, 1.82) is 0 Å². The fraction of sp³-hybridized carbons (Fsp3) is 0.529. The number of nitrogens with zero attached hydrogens (tertiary/aromatic N) is 1. The summed E-state index contributed by atoms with van der Waals surface area (Å²) in [6.07, 6.45) is 2.11. The molecule has 0 spiro atoms. The number of aliphatic carboxylic acids is 1. The minimum absolute atomic E-state index is 0.110. The second kappa shape index (κ2) is 12.2. The van der Waals surface area contributed by atoms with E-state index in [1.807, 2.05) is 0 Å². The highest BCUT2D eigenvalue weighted by atomic mass is 16.4. The van der Waals surface area contributed by atoms with Crippen molar-refractivity contribution in [2.24, 2.45) is 11.5 Å². The second-order valence-corrected chi connectivity index (χ2v) is 6.78. The number of rotatable bonds is 13. The quantitative estimate of drug-likeness (QED) is 0.149. The van der Waals surface area contributed by atoms with E-state index in [2.05, 4.69) is 25.9 Å². The monoisotopic (exact) mass is 441 g/mol. The van der Waals surface area contributed by atoms with Gasteiger partial charge in [-0.05, 0) is 13.3 Å². The number of hydrogen-bond donors (Lipinski definition) is 8. The molecular formula is C17H27N7O7. The van der Waals surface area contributed by atoms with Crippen molar-refractivity contribution in [3.8, 4) is 0 Å². The van der Waals surface area contributed by atoms with Gasteiger partial charge < -0.3 is 42.6 Å². The summed E-state index contributed by atoms with van der Waals surface area (Å²) in [5, 5.41) is 25.5. The number of carbonyl (C=O) groups excluding carboxylic acids is 4. The highest BCUT2D eigenvalue weighted by molar-refractivity contribution is 5.94. The van der Waals surface area contributed by atoms with Crippen molar-refractivity contribution in [2.75, 3.05) is 6.61 Å². The van der Waals surface area contributed by atoms with E-state index in [1.165, 1.54) is 19.4 Å². The average Bonchev–Trinajstić information content (AvgIpc) is 3.20. The third-order valence-corrected chi connectivity index (χ3v) is 4.13. The molecule has 10 N–H and O–H groups in total. The highest BCUT2D eigenvalue weighted by Gasteiger charge is 2.30. The highest BCUT2D eigenvalue weighted by Crippen LogP contribution is 2.03.